The van der Waals surface area contributed by atoms with E-state index < -0.39 is 24.0 Å². The Kier molecular flexibility index (Phi) is 7.99. The van der Waals surface area contributed by atoms with E-state index in [-0.39, 0.29) is 24.3 Å². The van der Waals surface area contributed by atoms with Gasteiger partial charge in [-0.25, -0.2) is 4.79 Å². The molecule has 1 fully saturated rings. The Labute approximate surface area is 166 Å². The second-order valence-corrected chi connectivity index (χ2v) is 7.23. The van der Waals surface area contributed by atoms with E-state index in [1.807, 2.05) is 37.3 Å². The number of rotatable bonds is 9. The number of amides is 2. The van der Waals surface area contributed by atoms with Gasteiger partial charge in [-0.05, 0) is 18.4 Å². The maximum absolute atomic E-state index is 12.8. The van der Waals surface area contributed by atoms with Crippen LogP contribution < -0.4 is 5.32 Å². The van der Waals surface area contributed by atoms with Crippen molar-refractivity contribution in [3.8, 4) is 0 Å². The molecule has 2 N–H and O–H groups in total. The summed E-state index contributed by atoms with van der Waals surface area (Å²) in [6.07, 6.45) is 1.77. The number of carboxylic acids is 1. The van der Waals surface area contributed by atoms with E-state index in [1.54, 1.807) is 11.8 Å². The molecule has 1 aliphatic rings. The van der Waals surface area contributed by atoms with E-state index in [2.05, 4.69) is 5.32 Å². The van der Waals surface area contributed by atoms with Gasteiger partial charge in [0, 0.05) is 26.5 Å². The quantitative estimate of drug-likeness (QED) is 0.671. The summed E-state index contributed by atoms with van der Waals surface area (Å²) in [5.41, 5.74) is 0.835. The number of nitrogens with zero attached hydrogens (tertiary/aromatic N) is 1. The second-order valence-electron chi connectivity index (χ2n) is 7.23. The monoisotopic (exact) mass is 390 g/mol. The fourth-order valence-corrected chi connectivity index (χ4v) is 3.84. The molecule has 0 aromatic heterocycles. The summed E-state index contributed by atoms with van der Waals surface area (Å²) in [5, 5.41) is 12.2. The molecule has 0 unspecified atom stereocenters. The van der Waals surface area contributed by atoms with E-state index >= 15 is 0 Å². The van der Waals surface area contributed by atoms with Crippen LogP contribution >= 0.6 is 0 Å². The zero-order valence-electron chi connectivity index (χ0n) is 16.8. The van der Waals surface area contributed by atoms with Gasteiger partial charge in [0.15, 0.2) is 0 Å². The predicted octanol–water partition coefficient (Wildman–Crippen LogP) is 1.85. The van der Waals surface area contributed by atoms with Crippen LogP contribution in [0.1, 0.15) is 38.7 Å². The van der Waals surface area contributed by atoms with Crippen LogP contribution in [0.15, 0.2) is 30.3 Å². The number of carboxylic acid groups (broad SMARTS) is 1. The molecule has 1 aromatic rings. The molecule has 28 heavy (non-hydrogen) atoms. The van der Waals surface area contributed by atoms with Crippen molar-refractivity contribution in [3.63, 3.8) is 0 Å². The van der Waals surface area contributed by atoms with Crippen molar-refractivity contribution in [1.29, 1.82) is 0 Å². The Morgan fingerprint density at radius 1 is 1.29 bits per heavy atom. The average Bonchev–Trinajstić information content (AvgIpc) is 3.17. The summed E-state index contributed by atoms with van der Waals surface area (Å²) in [7, 11) is 1.53. The van der Waals surface area contributed by atoms with Gasteiger partial charge in [0.05, 0.1) is 18.1 Å². The first kappa shape index (κ1) is 21.9. The predicted molar refractivity (Wildman–Crippen MR) is 105 cm³/mol. The molecule has 0 aliphatic carbocycles. The summed E-state index contributed by atoms with van der Waals surface area (Å²) in [5.74, 6) is -2.00. The lowest BCUT2D eigenvalue weighted by Gasteiger charge is -2.34. The maximum Gasteiger partial charge on any atom is 0.326 e. The molecule has 2 amide bonds. The lowest BCUT2D eigenvalue weighted by Crippen LogP contribution is -2.52. The van der Waals surface area contributed by atoms with Crippen LogP contribution in [0.2, 0.25) is 0 Å². The number of likely N-dealkylation sites (tertiary alicyclic amines) is 1. The Morgan fingerprint density at radius 2 is 1.96 bits per heavy atom. The van der Waals surface area contributed by atoms with Gasteiger partial charge in [-0.3, -0.25) is 9.59 Å². The Bertz CT molecular complexity index is 679. The molecule has 0 spiro atoms. The summed E-state index contributed by atoms with van der Waals surface area (Å²) >= 11 is 0. The molecule has 1 heterocycles. The van der Waals surface area contributed by atoms with Crippen LogP contribution in [0.25, 0.3) is 0 Å². The fraction of sp³-hybridized carbons (Fsp3) is 0.571. The van der Waals surface area contributed by atoms with Crippen LogP contribution in [-0.4, -0.2) is 59.6 Å². The van der Waals surface area contributed by atoms with Crippen LogP contribution in [-0.2, 0) is 25.5 Å². The van der Waals surface area contributed by atoms with Crippen molar-refractivity contribution in [2.45, 2.75) is 57.7 Å². The lowest BCUT2D eigenvalue weighted by atomic mass is 9.94. The SMILES string of the molecule is CCC(=O)N1CCC[C@H]1[C@H](OC)[C@@H](C)C(=O)N[C@@H](Cc1ccccc1)C(=O)O. The number of carbonyl (C=O) groups is 3. The number of methoxy groups -OCH3 is 1. The number of benzene rings is 1. The number of carbonyl (C=O) groups excluding carboxylic acids is 2. The normalized spacial score (nSPS) is 19.7. The second kappa shape index (κ2) is 10.2. The van der Waals surface area contributed by atoms with E-state index in [0.717, 1.165) is 18.4 Å². The first-order chi connectivity index (χ1) is 13.4. The Morgan fingerprint density at radius 3 is 2.54 bits per heavy atom. The molecular formula is C21H30N2O5. The minimum absolute atomic E-state index is 0.0460. The summed E-state index contributed by atoms with van der Waals surface area (Å²) in [6, 6.07) is 7.99. The average molecular weight is 390 g/mol. The lowest BCUT2D eigenvalue weighted by molar-refractivity contribution is -0.144. The maximum atomic E-state index is 12.8. The topological polar surface area (TPSA) is 95.9 Å². The molecule has 0 bridgehead atoms. The molecule has 1 saturated heterocycles. The van der Waals surface area contributed by atoms with Gasteiger partial charge in [0.2, 0.25) is 11.8 Å². The number of aliphatic carboxylic acids is 1. The smallest absolute Gasteiger partial charge is 0.326 e. The number of nitrogens with one attached hydrogen (secondary N) is 1. The molecule has 1 aliphatic heterocycles. The van der Waals surface area contributed by atoms with Gasteiger partial charge in [0.25, 0.3) is 0 Å². The highest BCUT2D eigenvalue weighted by Gasteiger charge is 2.39. The molecule has 7 nitrogen and oxygen atoms in total. The fourth-order valence-electron chi connectivity index (χ4n) is 3.84. The standard InChI is InChI=1S/C21H30N2O5/c1-4-18(24)23-12-8-11-17(23)19(28-3)14(2)20(25)22-16(21(26)27)13-15-9-6-5-7-10-15/h5-7,9-10,14,16-17,19H,4,8,11-13H2,1-3H3,(H,22,25)(H,26,27)/t14-,16+,17+,19-/m1/s1. The molecule has 4 atom stereocenters. The molecule has 0 saturated carbocycles. The van der Waals surface area contributed by atoms with Gasteiger partial charge >= 0.3 is 5.97 Å². The molecular weight excluding hydrogens is 360 g/mol. The highest BCUT2D eigenvalue weighted by Crippen LogP contribution is 2.27. The highest BCUT2D eigenvalue weighted by atomic mass is 16.5. The van der Waals surface area contributed by atoms with E-state index in [1.165, 1.54) is 7.11 Å². The molecule has 7 heteroatoms. The molecule has 0 radical (unpaired) electrons. The van der Waals surface area contributed by atoms with Gasteiger partial charge in [-0.2, -0.15) is 0 Å². The minimum Gasteiger partial charge on any atom is -0.480 e. The van der Waals surface area contributed by atoms with Crippen molar-refractivity contribution >= 4 is 17.8 Å². The van der Waals surface area contributed by atoms with Crippen LogP contribution in [0, 0.1) is 5.92 Å². The van der Waals surface area contributed by atoms with Crippen LogP contribution in [0.3, 0.4) is 0 Å². The van der Waals surface area contributed by atoms with Gasteiger partial charge in [-0.15, -0.1) is 0 Å². The summed E-state index contributed by atoms with van der Waals surface area (Å²) in [6.45, 7) is 4.20. The van der Waals surface area contributed by atoms with Gasteiger partial charge < -0.3 is 20.1 Å². The van der Waals surface area contributed by atoms with Crippen molar-refractivity contribution in [2.24, 2.45) is 5.92 Å². The van der Waals surface area contributed by atoms with E-state index in [0.29, 0.717) is 13.0 Å². The molecule has 154 valence electrons. The Balaban J connectivity index is 2.07. The number of hydrogen-bond donors (Lipinski definition) is 2. The number of ether oxygens (including phenoxy) is 1. The number of hydrogen-bond acceptors (Lipinski definition) is 4. The Hall–Kier alpha value is -2.41. The zero-order valence-corrected chi connectivity index (χ0v) is 16.8. The summed E-state index contributed by atoms with van der Waals surface area (Å²) in [4.78, 5) is 38.4. The van der Waals surface area contributed by atoms with E-state index in [9.17, 15) is 19.5 Å². The largest absolute Gasteiger partial charge is 0.480 e. The van der Waals surface area contributed by atoms with Crippen LogP contribution in [0.4, 0.5) is 0 Å². The van der Waals surface area contributed by atoms with Crippen molar-refractivity contribution in [3.05, 3.63) is 35.9 Å². The third-order valence-corrected chi connectivity index (χ3v) is 5.38. The van der Waals surface area contributed by atoms with Crippen molar-refractivity contribution < 1.29 is 24.2 Å². The third-order valence-electron chi connectivity index (χ3n) is 5.38. The molecule has 1 aromatic carbocycles. The van der Waals surface area contributed by atoms with Crippen molar-refractivity contribution in [1.82, 2.24) is 10.2 Å². The first-order valence-corrected chi connectivity index (χ1v) is 9.78. The first-order valence-electron chi connectivity index (χ1n) is 9.78. The van der Waals surface area contributed by atoms with E-state index in [4.69, 9.17) is 4.74 Å². The van der Waals surface area contributed by atoms with Crippen molar-refractivity contribution in [2.75, 3.05) is 13.7 Å². The minimum atomic E-state index is -1.08. The van der Waals surface area contributed by atoms with Crippen LogP contribution in [0.5, 0.6) is 0 Å². The molecule has 2 rings (SSSR count). The van der Waals surface area contributed by atoms with Gasteiger partial charge in [0.1, 0.15) is 6.04 Å². The van der Waals surface area contributed by atoms with Gasteiger partial charge in [-0.1, -0.05) is 44.2 Å². The highest BCUT2D eigenvalue weighted by molar-refractivity contribution is 5.85. The zero-order chi connectivity index (χ0) is 20.7. The third kappa shape index (κ3) is 5.32. The summed E-state index contributed by atoms with van der Waals surface area (Å²) < 4.78 is 5.60.